The van der Waals surface area contributed by atoms with Crippen LogP contribution in [-0.2, 0) is 32.8 Å². The largest absolute Gasteiger partial charge is 0.487 e. The SMILES string of the molecule is CCc1ccc(Cc2cc([C@]3(OC)O[C@H](CO)[C@@H](O)[C@H](O)[C@H]3O)c(O[C@@H]3CCOC3)cc2C#N)cc1. The standard InChI is InChI=1S/C27H33NO8/c1-3-16-4-6-17(7-5-16)10-18-11-21(22(12-19(18)13-28)35-20-8-9-34-15-20)27(33-2)26(32)25(31)24(30)23(14-29)36-27/h4-7,11-12,20,23-26,29-32H,3,8-10,14-15H2,1-2H3/t20-,23-,24-,25+,26-,27+/m1/s1. The van der Waals surface area contributed by atoms with E-state index < -0.39 is 36.8 Å². The van der Waals surface area contributed by atoms with E-state index in [9.17, 15) is 25.7 Å². The highest BCUT2D eigenvalue weighted by molar-refractivity contribution is 5.52. The van der Waals surface area contributed by atoms with Gasteiger partial charge in [-0.25, -0.2) is 0 Å². The molecule has 2 aromatic rings. The van der Waals surface area contributed by atoms with Crippen LogP contribution >= 0.6 is 0 Å². The Bertz CT molecular complexity index is 1080. The van der Waals surface area contributed by atoms with E-state index in [1.54, 1.807) is 12.1 Å². The molecule has 2 aliphatic rings. The van der Waals surface area contributed by atoms with Crippen molar-refractivity contribution in [1.82, 2.24) is 0 Å². The van der Waals surface area contributed by atoms with Crippen LogP contribution in [0.15, 0.2) is 36.4 Å². The van der Waals surface area contributed by atoms with E-state index in [0.717, 1.165) is 12.0 Å². The van der Waals surface area contributed by atoms with Gasteiger partial charge in [-0.2, -0.15) is 5.26 Å². The number of nitriles is 1. The number of nitrogens with zero attached hydrogens (tertiary/aromatic N) is 1. The first-order chi connectivity index (χ1) is 17.4. The van der Waals surface area contributed by atoms with Crippen molar-refractivity contribution in [2.75, 3.05) is 26.9 Å². The van der Waals surface area contributed by atoms with Gasteiger partial charge in [0.2, 0.25) is 5.79 Å². The first kappa shape index (κ1) is 26.5. The van der Waals surface area contributed by atoms with E-state index in [0.29, 0.717) is 37.2 Å². The quantitative estimate of drug-likeness (QED) is 0.421. The molecule has 6 atom stereocenters. The number of methoxy groups -OCH3 is 1. The van der Waals surface area contributed by atoms with Gasteiger partial charge in [0.05, 0.1) is 37.0 Å². The Morgan fingerprint density at radius 1 is 1.11 bits per heavy atom. The Kier molecular flexibility index (Phi) is 8.27. The second-order valence-electron chi connectivity index (χ2n) is 9.20. The molecule has 0 amide bonds. The van der Waals surface area contributed by atoms with Gasteiger partial charge in [0.15, 0.2) is 0 Å². The summed E-state index contributed by atoms with van der Waals surface area (Å²) in [5.74, 6) is -1.75. The third kappa shape index (κ3) is 4.99. The lowest BCUT2D eigenvalue weighted by Gasteiger charge is -2.48. The molecule has 2 fully saturated rings. The minimum Gasteiger partial charge on any atom is -0.487 e. The molecule has 194 valence electrons. The summed E-state index contributed by atoms with van der Waals surface area (Å²) < 4.78 is 23.2. The average Bonchev–Trinajstić information content (AvgIpc) is 3.42. The summed E-state index contributed by atoms with van der Waals surface area (Å²) in [6.45, 7) is 2.35. The molecule has 9 nitrogen and oxygen atoms in total. The third-order valence-electron chi connectivity index (χ3n) is 6.96. The van der Waals surface area contributed by atoms with E-state index >= 15 is 0 Å². The number of aryl methyl sites for hydroxylation is 1. The second kappa shape index (κ2) is 11.2. The fraction of sp³-hybridized carbons (Fsp3) is 0.519. The van der Waals surface area contributed by atoms with Crippen molar-refractivity contribution in [2.24, 2.45) is 0 Å². The summed E-state index contributed by atoms with van der Waals surface area (Å²) in [5, 5.41) is 51.8. The van der Waals surface area contributed by atoms with E-state index in [-0.39, 0.29) is 17.4 Å². The van der Waals surface area contributed by atoms with Gasteiger partial charge < -0.3 is 39.4 Å². The fourth-order valence-electron chi connectivity index (χ4n) is 4.79. The number of aliphatic hydroxyl groups is 4. The fourth-order valence-corrected chi connectivity index (χ4v) is 4.79. The Morgan fingerprint density at radius 2 is 1.83 bits per heavy atom. The summed E-state index contributed by atoms with van der Waals surface area (Å²) in [5.41, 5.74) is 3.44. The molecule has 0 bridgehead atoms. The van der Waals surface area contributed by atoms with Gasteiger partial charge in [0, 0.05) is 13.5 Å². The van der Waals surface area contributed by atoms with Gasteiger partial charge in [0.1, 0.15) is 36.3 Å². The summed E-state index contributed by atoms with van der Waals surface area (Å²) in [6, 6.07) is 13.5. The van der Waals surface area contributed by atoms with Crippen LogP contribution in [0.4, 0.5) is 0 Å². The van der Waals surface area contributed by atoms with Gasteiger partial charge in [-0.3, -0.25) is 0 Å². The molecule has 0 aromatic heterocycles. The number of rotatable bonds is 8. The number of hydrogen-bond donors (Lipinski definition) is 4. The van der Waals surface area contributed by atoms with Gasteiger partial charge in [-0.1, -0.05) is 31.2 Å². The van der Waals surface area contributed by atoms with Crippen molar-refractivity contribution in [1.29, 1.82) is 5.26 Å². The lowest BCUT2D eigenvalue weighted by atomic mass is 9.85. The van der Waals surface area contributed by atoms with Crippen LogP contribution in [-0.4, -0.2) is 77.9 Å². The predicted octanol–water partition coefficient (Wildman–Crippen LogP) is 1.15. The van der Waals surface area contributed by atoms with E-state index in [4.69, 9.17) is 18.9 Å². The van der Waals surface area contributed by atoms with Crippen LogP contribution in [0, 0.1) is 11.3 Å². The molecule has 9 heteroatoms. The van der Waals surface area contributed by atoms with Gasteiger partial charge >= 0.3 is 0 Å². The molecule has 2 saturated heterocycles. The maximum absolute atomic E-state index is 11.1. The lowest BCUT2D eigenvalue weighted by Crippen LogP contribution is -2.64. The summed E-state index contributed by atoms with van der Waals surface area (Å²) in [6.07, 6.45) is -4.47. The van der Waals surface area contributed by atoms with Crippen molar-refractivity contribution in [3.05, 3.63) is 64.2 Å². The number of benzene rings is 2. The molecule has 0 spiro atoms. The zero-order chi connectivity index (χ0) is 25.9. The first-order valence-corrected chi connectivity index (χ1v) is 12.1. The molecule has 0 unspecified atom stereocenters. The van der Waals surface area contributed by atoms with Crippen LogP contribution in [0.25, 0.3) is 0 Å². The Labute approximate surface area is 210 Å². The smallest absolute Gasteiger partial charge is 0.228 e. The molecule has 0 radical (unpaired) electrons. The molecule has 0 saturated carbocycles. The van der Waals surface area contributed by atoms with Crippen LogP contribution < -0.4 is 4.74 Å². The van der Waals surface area contributed by atoms with Crippen molar-refractivity contribution in [2.45, 2.75) is 62.5 Å². The first-order valence-electron chi connectivity index (χ1n) is 12.1. The maximum Gasteiger partial charge on any atom is 0.228 e. The van der Waals surface area contributed by atoms with E-state index in [1.165, 1.54) is 12.7 Å². The van der Waals surface area contributed by atoms with Crippen LogP contribution in [0.5, 0.6) is 5.75 Å². The highest BCUT2D eigenvalue weighted by Crippen LogP contribution is 2.44. The maximum atomic E-state index is 11.1. The number of aliphatic hydroxyl groups excluding tert-OH is 4. The molecule has 2 aliphatic heterocycles. The molecule has 2 heterocycles. The zero-order valence-corrected chi connectivity index (χ0v) is 20.5. The van der Waals surface area contributed by atoms with Gasteiger partial charge in [-0.05, 0) is 41.7 Å². The zero-order valence-electron chi connectivity index (χ0n) is 20.5. The van der Waals surface area contributed by atoms with E-state index in [1.807, 2.05) is 24.3 Å². The topological polar surface area (TPSA) is 142 Å². The molecular weight excluding hydrogens is 466 g/mol. The minimum absolute atomic E-state index is 0.230. The van der Waals surface area contributed by atoms with Crippen LogP contribution in [0.2, 0.25) is 0 Å². The van der Waals surface area contributed by atoms with Crippen molar-refractivity contribution < 1.29 is 39.4 Å². The Hall–Kier alpha value is -2.55. The second-order valence-corrected chi connectivity index (χ2v) is 9.20. The molecule has 4 N–H and O–H groups in total. The van der Waals surface area contributed by atoms with Crippen LogP contribution in [0.1, 0.15) is 41.2 Å². The molecule has 36 heavy (non-hydrogen) atoms. The lowest BCUT2D eigenvalue weighted by molar-refractivity contribution is -0.366. The van der Waals surface area contributed by atoms with Gasteiger partial charge in [-0.15, -0.1) is 0 Å². The summed E-state index contributed by atoms with van der Waals surface area (Å²) >= 11 is 0. The minimum atomic E-state index is -1.98. The molecular formula is C27H33NO8. The van der Waals surface area contributed by atoms with Crippen molar-refractivity contribution in [3.63, 3.8) is 0 Å². The average molecular weight is 500 g/mol. The molecule has 4 rings (SSSR count). The summed E-state index contributed by atoms with van der Waals surface area (Å²) in [4.78, 5) is 0. The molecule has 2 aromatic carbocycles. The Morgan fingerprint density at radius 3 is 2.42 bits per heavy atom. The van der Waals surface area contributed by atoms with E-state index in [2.05, 4.69) is 13.0 Å². The van der Waals surface area contributed by atoms with Crippen molar-refractivity contribution in [3.8, 4) is 11.8 Å². The Balaban J connectivity index is 1.84. The summed E-state index contributed by atoms with van der Waals surface area (Å²) in [7, 11) is 1.30. The van der Waals surface area contributed by atoms with Crippen molar-refractivity contribution >= 4 is 0 Å². The predicted molar refractivity (Wildman–Crippen MR) is 128 cm³/mol. The van der Waals surface area contributed by atoms with Gasteiger partial charge in [0.25, 0.3) is 0 Å². The highest BCUT2D eigenvalue weighted by atomic mass is 16.7. The normalized spacial score (nSPS) is 30.2. The number of ether oxygens (including phenoxy) is 4. The number of hydrogen-bond acceptors (Lipinski definition) is 9. The van der Waals surface area contributed by atoms with Crippen LogP contribution in [0.3, 0.4) is 0 Å². The monoisotopic (exact) mass is 499 g/mol. The third-order valence-corrected chi connectivity index (χ3v) is 6.96. The highest BCUT2D eigenvalue weighted by Gasteiger charge is 2.56. The molecule has 0 aliphatic carbocycles.